The lowest BCUT2D eigenvalue weighted by Gasteiger charge is -2.40. The summed E-state index contributed by atoms with van der Waals surface area (Å²) in [5.41, 5.74) is 6.48. The molecule has 3 heteroatoms. The summed E-state index contributed by atoms with van der Waals surface area (Å²) in [4.78, 5) is 1.49. The standard InChI is InChI=1S/C14H22BrNS/c1-2-11-4-3-7-14(8-11,10-16)9-12-5-6-13(15)17-12/h5-6,11H,2-4,7-10,16H2,1H3. The van der Waals surface area contributed by atoms with E-state index in [9.17, 15) is 0 Å². The summed E-state index contributed by atoms with van der Waals surface area (Å²) in [5, 5.41) is 0. The van der Waals surface area contributed by atoms with E-state index in [4.69, 9.17) is 5.73 Å². The largest absolute Gasteiger partial charge is 0.330 e. The Bertz CT molecular complexity index is 363. The molecule has 2 unspecified atom stereocenters. The second kappa shape index (κ2) is 5.85. The minimum absolute atomic E-state index is 0.378. The van der Waals surface area contributed by atoms with Gasteiger partial charge in [-0.3, -0.25) is 0 Å². The molecule has 0 spiro atoms. The molecule has 1 aliphatic carbocycles. The van der Waals surface area contributed by atoms with E-state index in [-0.39, 0.29) is 0 Å². The molecule has 0 amide bonds. The van der Waals surface area contributed by atoms with Gasteiger partial charge >= 0.3 is 0 Å². The Morgan fingerprint density at radius 1 is 1.53 bits per heavy atom. The fourth-order valence-corrected chi connectivity index (χ4v) is 4.82. The van der Waals surface area contributed by atoms with Crippen LogP contribution in [0.1, 0.15) is 43.9 Å². The van der Waals surface area contributed by atoms with Gasteiger partial charge in [-0.15, -0.1) is 11.3 Å². The third kappa shape index (κ3) is 3.33. The number of nitrogens with two attached hydrogens (primary N) is 1. The molecule has 0 saturated heterocycles. The van der Waals surface area contributed by atoms with Crippen molar-refractivity contribution in [2.45, 2.75) is 45.4 Å². The maximum atomic E-state index is 6.10. The minimum Gasteiger partial charge on any atom is -0.330 e. The summed E-state index contributed by atoms with van der Waals surface area (Å²) in [6, 6.07) is 4.41. The molecule has 2 rings (SSSR count). The average molecular weight is 316 g/mol. The normalized spacial score (nSPS) is 29.5. The van der Waals surface area contributed by atoms with Crippen LogP contribution in [0, 0.1) is 11.3 Å². The Morgan fingerprint density at radius 2 is 2.35 bits per heavy atom. The Labute approximate surface area is 117 Å². The smallest absolute Gasteiger partial charge is 0.0701 e. The van der Waals surface area contributed by atoms with Gasteiger partial charge in [0, 0.05) is 4.88 Å². The monoisotopic (exact) mass is 315 g/mol. The highest BCUT2D eigenvalue weighted by Gasteiger charge is 2.34. The number of rotatable bonds is 4. The number of hydrogen-bond donors (Lipinski definition) is 1. The first kappa shape index (κ1) is 13.6. The predicted octanol–water partition coefficient (Wildman–Crippen LogP) is 4.60. The summed E-state index contributed by atoms with van der Waals surface area (Å²) in [7, 11) is 0. The molecule has 1 nitrogen and oxygen atoms in total. The van der Waals surface area contributed by atoms with E-state index in [2.05, 4.69) is 35.0 Å². The summed E-state index contributed by atoms with van der Waals surface area (Å²) in [5.74, 6) is 0.899. The lowest BCUT2D eigenvalue weighted by molar-refractivity contribution is 0.143. The van der Waals surface area contributed by atoms with E-state index in [0.717, 1.165) is 12.5 Å². The van der Waals surface area contributed by atoms with Crippen molar-refractivity contribution >= 4 is 27.3 Å². The highest BCUT2D eigenvalue weighted by molar-refractivity contribution is 9.11. The second-order valence-electron chi connectivity index (χ2n) is 5.46. The third-order valence-corrected chi connectivity index (χ3v) is 5.85. The zero-order chi connectivity index (χ0) is 12.3. The van der Waals surface area contributed by atoms with Crippen LogP contribution in [0.2, 0.25) is 0 Å². The summed E-state index contributed by atoms with van der Waals surface area (Å²) < 4.78 is 1.24. The van der Waals surface area contributed by atoms with Crippen LogP contribution in [0.5, 0.6) is 0 Å². The van der Waals surface area contributed by atoms with E-state index < -0.39 is 0 Å². The average Bonchev–Trinajstić information content (AvgIpc) is 2.75. The van der Waals surface area contributed by atoms with Crippen molar-refractivity contribution in [3.63, 3.8) is 0 Å². The molecule has 1 heterocycles. The molecule has 96 valence electrons. The van der Waals surface area contributed by atoms with Gasteiger partial charge in [0.05, 0.1) is 3.79 Å². The molecule has 0 aliphatic heterocycles. The highest BCUT2D eigenvalue weighted by Crippen LogP contribution is 2.43. The van der Waals surface area contributed by atoms with Crippen LogP contribution in [0.15, 0.2) is 15.9 Å². The van der Waals surface area contributed by atoms with Gasteiger partial charge in [-0.1, -0.05) is 26.2 Å². The van der Waals surface area contributed by atoms with Crippen LogP contribution in [0.4, 0.5) is 0 Å². The lowest BCUT2D eigenvalue weighted by atomic mass is 9.67. The van der Waals surface area contributed by atoms with Crippen LogP contribution in [-0.2, 0) is 6.42 Å². The predicted molar refractivity (Wildman–Crippen MR) is 79.5 cm³/mol. The minimum atomic E-state index is 0.378. The number of thiophene rings is 1. The Hall–Kier alpha value is 0.140. The van der Waals surface area contributed by atoms with E-state index in [1.807, 2.05) is 11.3 Å². The summed E-state index contributed by atoms with van der Waals surface area (Å²) in [6.07, 6.45) is 7.91. The first-order valence-electron chi connectivity index (χ1n) is 6.62. The van der Waals surface area contributed by atoms with Crippen molar-refractivity contribution in [1.82, 2.24) is 0 Å². The maximum absolute atomic E-state index is 6.10. The molecule has 17 heavy (non-hydrogen) atoms. The number of halogens is 1. The Morgan fingerprint density at radius 3 is 2.94 bits per heavy atom. The van der Waals surface area contributed by atoms with Gasteiger partial charge in [-0.05, 0) is 65.2 Å². The van der Waals surface area contributed by atoms with Gasteiger partial charge in [-0.2, -0.15) is 0 Å². The quantitative estimate of drug-likeness (QED) is 0.863. The van der Waals surface area contributed by atoms with Crippen molar-refractivity contribution in [3.8, 4) is 0 Å². The Kier molecular flexibility index (Phi) is 4.67. The first-order chi connectivity index (χ1) is 8.17. The van der Waals surface area contributed by atoms with Gasteiger partial charge in [-0.25, -0.2) is 0 Å². The lowest BCUT2D eigenvalue weighted by Crippen LogP contribution is -2.37. The maximum Gasteiger partial charge on any atom is 0.0701 e. The molecule has 0 radical (unpaired) electrons. The van der Waals surface area contributed by atoms with Gasteiger partial charge in [0.25, 0.3) is 0 Å². The van der Waals surface area contributed by atoms with E-state index in [0.29, 0.717) is 5.41 Å². The van der Waals surface area contributed by atoms with Crippen molar-refractivity contribution in [2.75, 3.05) is 6.54 Å². The molecule has 1 saturated carbocycles. The van der Waals surface area contributed by atoms with Crippen LogP contribution in [0.3, 0.4) is 0 Å². The number of hydrogen-bond acceptors (Lipinski definition) is 2. The van der Waals surface area contributed by atoms with Gasteiger partial charge in [0.15, 0.2) is 0 Å². The fourth-order valence-electron chi connectivity index (χ4n) is 3.17. The molecule has 2 N–H and O–H groups in total. The van der Waals surface area contributed by atoms with Crippen LogP contribution in [-0.4, -0.2) is 6.54 Å². The molecule has 1 fully saturated rings. The SMILES string of the molecule is CCC1CCCC(CN)(Cc2ccc(Br)s2)C1. The summed E-state index contributed by atoms with van der Waals surface area (Å²) >= 11 is 5.41. The molecule has 1 aliphatic rings. The van der Waals surface area contributed by atoms with Crippen LogP contribution >= 0.6 is 27.3 Å². The Balaban J connectivity index is 2.08. The first-order valence-corrected chi connectivity index (χ1v) is 8.23. The van der Waals surface area contributed by atoms with Gasteiger partial charge in [0.2, 0.25) is 0 Å². The third-order valence-electron chi connectivity index (χ3n) is 4.23. The van der Waals surface area contributed by atoms with Crippen LogP contribution in [0.25, 0.3) is 0 Å². The van der Waals surface area contributed by atoms with Crippen LogP contribution < -0.4 is 5.73 Å². The van der Waals surface area contributed by atoms with E-state index in [1.165, 1.54) is 47.2 Å². The van der Waals surface area contributed by atoms with Crippen molar-refractivity contribution in [1.29, 1.82) is 0 Å². The van der Waals surface area contributed by atoms with E-state index in [1.54, 1.807) is 0 Å². The van der Waals surface area contributed by atoms with Crippen molar-refractivity contribution in [2.24, 2.45) is 17.1 Å². The molecular weight excluding hydrogens is 294 g/mol. The molecule has 1 aromatic heterocycles. The van der Waals surface area contributed by atoms with Gasteiger partial charge in [0.1, 0.15) is 0 Å². The zero-order valence-electron chi connectivity index (χ0n) is 10.5. The summed E-state index contributed by atoms with van der Waals surface area (Å²) in [6.45, 7) is 3.16. The van der Waals surface area contributed by atoms with Crippen molar-refractivity contribution in [3.05, 3.63) is 20.8 Å². The second-order valence-corrected chi connectivity index (χ2v) is 8.00. The van der Waals surface area contributed by atoms with Gasteiger partial charge < -0.3 is 5.73 Å². The fraction of sp³-hybridized carbons (Fsp3) is 0.714. The van der Waals surface area contributed by atoms with Crippen molar-refractivity contribution < 1.29 is 0 Å². The molecule has 1 aromatic rings. The molecule has 2 atom stereocenters. The molecular formula is C14H22BrNS. The zero-order valence-corrected chi connectivity index (χ0v) is 12.9. The highest BCUT2D eigenvalue weighted by atomic mass is 79.9. The molecule has 0 bridgehead atoms. The molecule has 0 aromatic carbocycles. The van der Waals surface area contributed by atoms with E-state index >= 15 is 0 Å². The topological polar surface area (TPSA) is 26.0 Å².